The topological polar surface area (TPSA) is 146 Å². The molecule has 2 aliphatic heterocycles. The number of carbonyl (C=O) groups is 6. The van der Waals surface area contributed by atoms with Gasteiger partial charge in [-0.05, 0) is 38.5 Å². The third kappa shape index (κ3) is 8.49. The molecule has 4 unspecified atom stereocenters. The fourth-order valence-electron chi connectivity index (χ4n) is 4.45. The van der Waals surface area contributed by atoms with E-state index in [0.29, 0.717) is 26.2 Å². The second-order valence-electron chi connectivity index (χ2n) is 8.98. The van der Waals surface area contributed by atoms with Gasteiger partial charge in [0.2, 0.25) is 12.2 Å². The van der Waals surface area contributed by atoms with Gasteiger partial charge in [0.25, 0.3) is 11.8 Å². The molecule has 0 saturated carbocycles. The van der Waals surface area contributed by atoms with Crippen LogP contribution in [0.3, 0.4) is 0 Å². The number of carbonyl (C=O) groups excluding carboxylic acids is 6. The van der Waals surface area contributed by atoms with Crippen molar-refractivity contribution < 1.29 is 47.7 Å². The van der Waals surface area contributed by atoms with Gasteiger partial charge in [0.15, 0.2) is 12.2 Å². The Bertz CT molecular complexity index is 765. The lowest BCUT2D eigenvalue weighted by Crippen LogP contribution is -2.60. The van der Waals surface area contributed by atoms with E-state index in [2.05, 4.69) is 0 Å². The van der Waals surface area contributed by atoms with Crippen LogP contribution in [0.2, 0.25) is 0 Å². The summed E-state index contributed by atoms with van der Waals surface area (Å²) in [7, 11) is 0. The van der Waals surface area contributed by atoms with Crippen molar-refractivity contribution in [2.75, 3.05) is 26.2 Å². The molecule has 0 aliphatic carbocycles. The van der Waals surface area contributed by atoms with Crippen molar-refractivity contribution in [2.45, 2.75) is 90.6 Å². The minimum atomic E-state index is -1.75. The second kappa shape index (κ2) is 13.8. The van der Waals surface area contributed by atoms with Gasteiger partial charge in [0.05, 0.1) is 0 Å². The average molecular weight is 513 g/mol. The smallest absolute Gasteiger partial charge is 0.303 e. The molecule has 2 heterocycles. The van der Waals surface area contributed by atoms with Gasteiger partial charge < -0.3 is 28.7 Å². The van der Waals surface area contributed by atoms with Crippen LogP contribution in [0, 0.1) is 0 Å². The fraction of sp³-hybridized carbons (Fsp3) is 0.750. The predicted molar refractivity (Wildman–Crippen MR) is 123 cm³/mol. The molecule has 0 aromatic heterocycles. The van der Waals surface area contributed by atoms with E-state index in [1.54, 1.807) is 0 Å². The van der Waals surface area contributed by atoms with Crippen LogP contribution in [0.15, 0.2) is 0 Å². The number of hydrogen-bond acceptors (Lipinski definition) is 10. The number of hydrogen-bond donors (Lipinski definition) is 0. The van der Waals surface area contributed by atoms with E-state index in [1.807, 2.05) is 0 Å². The highest BCUT2D eigenvalue weighted by Gasteiger charge is 2.50. The van der Waals surface area contributed by atoms with E-state index in [4.69, 9.17) is 18.9 Å². The highest BCUT2D eigenvalue weighted by atomic mass is 16.6. The summed E-state index contributed by atoms with van der Waals surface area (Å²) in [4.78, 5) is 78.1. The highest BCUT2D eigenvalue weighted by Crippen LogP contribution is 2.24. The first kappa shape index (κ1) is 29.1. The maximum absolute atomic E-state index is 13.5. The Labute approximate surface area is 210 Å². The number of piperidine rings is 2. The van der Waals surface area contributed by atoms with Gasteiger partial charge in [-0.15, -0.1) is 0 Å². The quantitative estimate of drug-likeness (QED) is 0.320. The van der Waals surface area contributed by atoms with Gasteiger partial charge in [-0.3, -0.25) is 28.8 Å². The number of rotatable bonds is 9. The Hall–Kier alpha value is -3.18. The van der Waals surface area contributed by atoms with E-state index in [-0.39, 0.29) is 0 Å². The molecule has 12 heteroatoms. The molecular weight excluding hydrogens is 476 g/mol. The molecule has 2 fully saturated rings. The Balaban J connectivity index is 2.55. The standard InChI is InChI=1S/C24H36N2O10/c1-15(27)33-19(21(35-17(3)29)23(31)25-11-7-5-8-12-25)20(34-16(2)28)22(36-18(4)30)24(32)26-13-9-6-10-14-26/h19-22H,5-14H2,1-4H3. The molecule has 202 valence electrons. The fourth-order valence-corrected chi connectivity index (χ4v) is 4.45. The molecule has 0 aromatic rings. The largest absolute Gasteiger partial charge is 0.454 e. The summed E-state index contributed by atoms with van der Waals surface area (Å²) in [6, 6.07) is 0. The molecule has 0 bridgehead atoms. The van der Waals surface area contributed by atoms with E-state index in [1.165, 1.54) is 9.80 Å². The summed E-state index contributed by atoms with van der Waals surface area (Å²) in [5.41, 5.74) is 0. The van der Waals surface area contributed by atoms with Crippen molar-refractivity contribution in [3.63, 3.8) is 0 Å². The van der Waals surface area contributed by atoms with Gasteiger partial charge in [-0.1, -0.05) is 0 Å². The van der Waals surface area contributed by atoms with Crippen LogP contribution in [0.4, 0.5) is 0 Å². The SMILES string of the molecule is CC(=O)OC(C(=O)N1CCCCC1)C(OC(C)=O)C(OC(C)=O)C(OC(C)=O)C(=O)N1CCCCC1. The van der Waals surface area contributed by atoms with Gasteiger partial charge in [-0.25, -0.2) is 0 Å². The van der Waals surface area contributed by atoms with Crippen LogP contribution in [0.5, 0.6) is 0 Å². The van der Waals surface area contributed by atoms with E-state index in [0.717, 1.165) is 66.2 Å². The molecule has 0 spiro atoms. The summed E-state index contributed by atoms with van der Waals surface area (Å²) in [5.74, 6) is -4.80. The predicted octanol–water partition coefficient (Wildman–Crippen LogP) is 0.738. The summed E-state index contributed by atoms with van der Waals surface area (Å²) < 4.78 is 21.4. The Morgan fingerprint density at radius 2 is 0.750 bits per heavy atom. The van der Waals surface area contributed by atoms with Gasteiger partial charge in [0.1, 0.15) is 0 Å². The maximum atomic E-state index is 13.5. The van der Waals surface area contributed by atoms with Crippen molar-refractivity contribution in [3.8, 4) is 0 Å². The average Bonchev–Trinajstić information content (AvgIpc) is 2.83. The van der Waals surface area contributed by atoms with Crippen LogP contribution in [0.1, 0.15) is 66.2 Å². The van der Waals surface area contributed by atoms with Crippen molar-refractivity contribution in [3.05, 3.63) is 0 Å². The molecular formula is C24H36N2O10. The maximum Gasteiger partial charge on any atom is 0.303 e. The molecule has 2 rings (SSSR count). The monoisotopic (exact) mass is 512 g/mol. The van der Waals surface area contributed by atoms with Crippen LogP contribution in [0.25, 0.3) is 0 Å². The minimum Gasteiger partial charge on any atom is -0.454 e. The molecule has 2 aliphatic rings. The molecule has 4 atom stereocenters. The Kier molecular flexibility index (Phi) is 11.1. The minimum absolute atomic E-state index is 0.391. The lowest BCUT2D eigenvalue weighted by Gasteiger charge is -2.38. The van der Waals surface area contributed by atoms with E-state index in [9.17, 15) is 28.8 Å². The third-order valence-corrected chi connectivity index (χ3v) is 5.93. The number of ether oxygens (including phenoxy) is 4. The number of esters is 4. The first-order valence-corrected chi connectivity index (χ1v) is 12.3. The first-order chi connectivity index (χ1) is 17.0. The van der Waals surface area contributed by atoms with E-state index >= 15 is 0 Å². The zero-order chi connectivity index (χ0) is 26.8. The number of nitrogens with zero attached hydrogens (tertiary/aromatic N) is 2. The number of amides is 2. The zero-order valence-electron chi connectivity index (χ0n) is 21.4. The highest BCUT2D eigenvalue weighted by molar-refractivity contribution is 5.87. The summed E-state index contributed by atoms with van der Waals surface area (Å²) >= 11 is 0. The third-order valence-electron chi connectivity index (χ3n) is 5.93. The van der Waals surface area contributed by atoms with Crippen LogP contribution in [-0.4, -0.2) is 96.1 Å². The molecule has 0 N–H and O–H groups in total. The van der Waals surface area contributed by atoms with Gasteiger partial charge in [0, 0.05) is 53.9 Å². The molecule has 0 aromatic carbocycles. The van der Waals surface area contributed by atoms with Gasteiger partial charge >= 0.3 is 23.9 Å². The number of likely N-dealkylation sites (tertiary alicyclic amines) is 2. The second-order valence-corrected chi connectivity index (χ2v) is 8.98. The summed E-state index contributed by atoms with van der Waals surface area (Å²) in [6.07, 6.45) is -2.20. The lowest BCUT2D eigenvalue weighted by atomic mass is 9.98. The van der Waals surface area contributed by atoms with Crippen LogP contribution < -0.4 is 0 Å². The molecule has 2 saturated heterocycles. The summed E-state index contributed by atoms with van der Waals surface area (Å²) in [6.45, 7) is 5.82. The summed E-state index contributed by atoms with van der Waals surface area (Å²) in [5, 5.41) is 0. The Morgan fingerprint density at radius 1 is 0.472 bits per heavy atom. The molecule has 2 amide bonds. The lowest BCUT2D eigenvalue weighted by molar-refractivity contribution is -0.204. The van der Waals surface area contributed by atoms with E-state index < -0.39 is 60.1 Å². The van der Waals surface area contributed by atoms with Crippen molar-refractivity contribution >= 4 is 35.7 Å². The molecule has 12 nitrogen and oxygen atoms in total. The van der Waals surface area contributed by atoms with Crippen molar-refractivity contribution in [1.29, 1.82) is 0 Å². The van der Waals surface area contributed by atoms with Crippen LogP contribution in [-0.2, 0) is 47.7 Å². The molecule has 36 heavy (non-hydrogen) atoms. The van der Waals surface area contributed by atoms with Crippen molar-refractivity contribution in [2.24, 2.45) is 0 Å². The first-order valence-electron chi connectivity index (χ1n) is 12.3. The molecule has 0 radical (unpaired) electrons. The van der Waals surface area contributed by atoms with Crippen LogP contribution >= 0.6 is 0 Å². The van der Waals surface area contributed by atoms with Crippen molar-refractivity contribution in [1.82, 2.24) is 9.80 Å². The normalized spacial score (nSPS) is 19.2. The zero-order valence-corrected chi connectivity index (χ0v) is 21.4. The van der Waals surface area contributed by atoms with Gasteiger partial charge in [-0.2, -0.15) is 0 Å². The Morgan fingerprint density at radius 3 is 1.00 bits per heavy atom.